The molecule has 1 fully saturated rings. The fourth-order valence-corrected chi connectivity index (χ4v) is 1.86. The number of carboxylic acid groups (broad SMARTS) is 1. The van der Waals surface area contributed by atoms with Crippen LogP contribution >= 0.6 is 0 Å². The second kappa shape index (κ2) is 5.79. The molecule has 0 aromatic carbocycles. The average molecular weight is 251 g/mol. The highest BCUT2D eigenvalue weighted by atomic mass is 16.5. The lowest BCUT2D eigenvalue weighted by Gasteiger charge is -2.27. The minimum absolute atomic E-state index is 0.297. The van der Waals surface area contributed by atoms with Crippen LogP contribution in [0.3, 0.4) is 0 Å². The summed E-state index contributed by atoms with van der Waals surface area (Å²) in [7, 11) is 0. The molecule has 6 heteroatoms. The van der Waals surface area contributed by atoms with Crippen molar-refractivity contribution in [2.45, 2.75) is 12.5 Å². The molecule has 6 nitrogen and oxygen atoms in total. The summed E-state index contributed by atoms with van der Waals surface area (Å²) in [5.41, 5.74) is 6.31. The first-order valence-corrected chi connectivity index (χ1v) is 5.93. The molecule has 18 heavy (non-hydrogen) atoms. The number of aromatic nitrogens is 1. The van der Waals surface area contributed by atoms with E-state index in [1.54, 1.807) is 6.20 Å². The molecule has 2 rings (SSSR count). The molecule has 1 aliphatic heterocycles. The number of hydrogen-bond donors (Lipinski definition) is 2. The van der Waals surface area contributed by atoms with Crippen LogP contribution in [-0.2, 0) is 16.0 Å². The Morgan fingerprint density at radius 3 is 2.78 bits per heavy atom. The number of hydrogen-bond acceptors (Lipinski definition) is 5. The SMILES string of the molecule is NC(Cc1ccc(N2CCOCC2)nc1)C(=O)O. The van der Waals surface area contributed by atoms with Gasteiger partial charge in [-0.3, -0.25) is 4.79 Å². The zero-order valence-corrected chi connectivity index (χ0v) is 10.1. The minimum Gasteiger partial charge on any atom is -0.480 e. The fraction of sp³-hybridized carbons (Fsp3) is 0.500. The molecule has 0 saturated carbocycles. The van der Waals surface area contributed by atoms with E-state index >= 15 is 0 Å². The van der Waals surface area contributed by atoms with Gasteiger partial charge in [0.2, 0.25) is 0 Å². The van der Waals surface area contributed by atoms with Gasteiger partial charge in [-0.1, -0.05) is 6.07 Å². The average Bonchev–Trinajstić information content (AvgIpc) is 2.40. The third-order valence-electron chi connectivity index (χ3n) is 2.92. The van der Waals surface area contributed by atoms with Gasteiger partial charge in [0.25, 0.3) is 0 Å². The van der Waals surface area contributed by atoms with Gasteiger partial charge < -0.3 is 20.5 Å². The largest absolute Gasteiger partial charge is 0.480 e. The second-order valence-corrected chi connectivity index (χ2v) is 4.27. The van der Waals surface area contributed by atoms with Crippen molar-refractivity contribution in [3.05, 3.63) is 23.9 Å². The molecule has 3 N–H and O–H groups in total. The molecular formula is C12H17N3O3. The maximum absolute atomic E-state index is 10.7. The zero-order chi connectivity index (χ0) is 13.0. The summed E-state index contributed by atoms with van der Waals surface area (Å²) in [6, 6.07) is 2.90. The number of morpholine rings is 1. The van der Waals surface area contributed by atoms with Gasteiger partial charge in [0, 0.05) is 19.3 Å². The highest BCUT2D eigenvalue weighted by Crippen LogP contribution is 2.13. The number of carboxylic acids is 1. The number of aliphatic carboxylic acids is 1. The first kappa shape index (κ1) is 12.8. The topological polar surface area (TPSA) is 88.7 Å². The van der Waals surface area contributed by atoms with Crippen molar-refractivity contribution < 1.29 is 14.6 Å². The number of carbonyl (C=O) groups is 1. The molecular weight excluding hydrogens is 234 g/mol. The predicted molar refractivity (Wildman–Crippen MR) is 66.6 cm³/mol. The van der Waals surface area contributed by atoms with E-state index in [1.807, 2.05) is 12.1 Å². The van der Waals surface area contributed by atoms with Crippen LogP contribution in [0.2, 0.25) is 0 Å². The van der Waals surface area contributed by atoms with Crippen LogP contribution in [0.5, 0.6) is 0 Å². The Morgan fingerprint density at radius 2 is 2.22 bits per heavy atom. The Morgan fingerprint density at radius 1 is 1.50 bits per heavy atom. The molecule has 0 aliphatic carbocycles. The molecule has 98 valence electrons. The first-order chi connectivity index (χ1) is 8.66. The molecule has 1 aliphatic rings. The van der Waals surface area contributed by atoms with Crippen molar-refractivity contribution in [3.63, 3.8) is 0 Å². The van der Waals surface area contributed by atoms with E-state index in [2.05, 4.69) is 9.88 Å². The van der Waals surface area contributed by atoms with Crippen LogP contribution < -0.4 is 10.6 Å². The minimum atomic E-state index is -0.993. The lowest BCUT2D eigenvalue weighted by molar-refractivity contribution is -0.138. The van der Waals surface area contributed by atoms with Gasteiger partial charge in [0.05, 0.1) is 13.2 Å². The second-order valence-electron chi connectivity index (χ2n) is 4.27. The Balaban J connectivity index is 1.98. The van der Waals surface area contributed by atoms with E-state index in [-0.39, 0.29) is 0 Å². The van der Waals surface area contributed by atoms with Crippen molar-refractivity contribution in [1.29, 1.82) is 0 Å². The molecule has 0 radical (unpaired) electrons. The summed E-state index contributed by atoms with van der Waals surface area (Å²) in [4.78, 5) is 17.1. The van der Waals surface area contributed by atoms with Crippen molar-refractivity contribution in [3.8, 4) is 0 Å². The smallest absolute Gasteiger partial charge is 0.320 e. The highest BCUT2D eigenvalue weighted by molar-refractivity contribution is 5.73. The van der Waals surface area contributed by atoms with Crippen LogP contribution in [0, 0.1) is 0 Å². The van der Waals surface area contributed by atoms with Gasteiger partial charge >= 0.3 is 5.97 Å². The number of pyridine rings is 1. The molecule has 0 spiro atoms. The third kappa shape index (κ3) is 3.18. The van der Waals surface area contributed by atoms with E-state index in [0.717, 1.165) is 24.5 Å². The van der Waals surface area contributed by atoms with Gasteiger partial charge in [-0.25, -0.2) is 4.98 Å². The predicted octanol–water partition coefficient (Wildman–Crippen LogP) is -0.127. The number of rotatable bonds is 4. The van der Waals surface area contributed by atoms with E-state index in [4.69, 9.17) is 15.6 Å². The number of nitrogens with zero attached hydrogens (tertiary/aromatic N) is 2. The van der Waals surface area contributed by atoms with E-state index < -0.39 is 12.0 Å². The first-order valence-electron chi connectivity index (χ1n) is 5.93. The van der Waals surface area contributed by atoms with E-state index in [0.29, 0.717) is 19.6 Å². The van der Waals surface area contributed by atoms with Gasteiger partial charge in [-0.15, -0.1) is 0 Å². The van der Waals surface area contributed by atoms with Crippen molar-refractivity contribution in [1.82, 2.24) is 4.98 Å². The zero-order valence-electron chi connectivity index (χ0n) is 10.1. The summed E-state index contributed by atoms with van der Waals surface area (Å²) >= 11 is 0. The van der Waals surface area contributed by atoms with Gasteiger partial charge in [-0.05, 0) is 18.1 Å². The molecule has 1 aromatic heterocycles. The molecule has 1 saturated heterocycles. The Labute approximate surface area is 105 Å². The molecule has 0 amide bonds. The quantitative estimate of drug-likeness (QED) is 0.775. The van der Waals surface area contributed by atoms with Crippen molar-refractivity contribution in [2.24, 2.45) is 5.73 Å². The van der Waals surface area contributed by atoms with Crippen LogP contribution in [0.1, 0.15) is 5.56 Å². The summed E-state index contributed by atoms with van der Waals surface area (Å²) < 4.78 is 5.27. The summed E-state index contributed by atoms with van der Waals surface area (Å²) in [6.07, 6.45) is 1.99. The highest BCUT2D eigenvalue weighted by Gasteiger charge is 2.14. The molecule has 1 atom stereocenters. The summed E-state index contributed by atoms with van der Waals surface area (Å²) in [5.74, 6) is -0.0989. The van der Waals surface area contributed by atoms with Crippen molar-refractivity contribution >= 4 is 11.8 Å². The van der Waals surface area contributed by atoms with Crippen LogP contribution in [0.4, 0.5) is 5.82 Å². The number of anilines is 1. The molecule has 1 aromatic rings. The van der Waals surface area contributed by atoms with Gasteiger partial charge in [0.15, 0.2) is 0 Å². The Bertz CT molecular complexity index is 402. The van der Waals surface area contributed by atoms with Crippen LogP contribution in [-0.4, -0.2) is 48.4 Å². The summed E-state index contributed by atoms with van der Waals surface area (Å²) in [5, 5.41) is 8.73. The van der Waals surface area contributed by atoms with Crippen molar-refractivity contribution in [2.75, 3.05) is 31.2 Å². The number of nitrogens with two attached hydrogens (primary N) is 1. The lowest BCUT2D eigenvalue weighted by atomic mass is 10.1. The molecule has 0 bridgehead atoms. The number of ether oxygens (including phenoxy) is 1. The summed E-state index contributed by atoms with van der Waals surface area (Å²) in [6.45, 7) is 3.10. The molecule has 2 heterocycles. The van der Waals surface area contributed by atoms with Crippen LogP contribution in [0.15, 0.2) is 18.3 Å². The van der Waals surface area contributed by atoms with E-state index in [9.17, 15) is 4.79 Å². The fourth-order valence-electron chi connectivity index (χ4n) is 1.86. The maximum Gasteiger partial charge on any atom is 0.320 e. The third-order valence-corrected chi connectivity index (χ3v) is 2.92. The Kier molecular flexibility index (Phi) is 4.11. The monoisotopic (exact) mass is 251 g/mol. The maximum atomic E-state index is 10.7. The van der Waals surface area contributed by atoms with Crippen LogP contribution in [0.25, 0.3) is 0 Å². The standard InChI is InChI=1S/C12H17N3O3/c13-10(12(16)17)7-9-1-2-11(14-8-9)15-3-5-18-6-4-15/h1-2,8,10H,3-7,13H2,(H,16,17). The van der Waals surface area contributed by atoms with Gasteiger partial charge in [0.1, 0.15) is 11.9 Å². The Hall–Kier alpha value is -1.66. The van der Waals surface area contributed by atoms with E-state index in [1.165, 1.54) is 0 Å². The normalized spacial score (nSPS) is 17.5. The van der Waals surface area contributed by atoms with Gasteiger partial charge in [-0.2, -0.15) is 0 Å². The lowest BCUT2D eigenvalue weighted by Crippen LogP contribution is -2.36. The molecule has 1 unspecified atom stereocenters.